The van der Waals surface area contributed by atoms with Crippen molar-refractivity contribution in [2.45, 2.75) is 12.8 Å². The molecular formula is C29H34N6O4. The van der Waals surface area contributed by atoms with Gasteiger partial charge < -0.3 is 35.6 Å². The first-order valence-corrected chi connectivity index (χ1v) is 12.7. The number of methoxy groups -OCH3 is 1. The quantitative estimate of drug-likeness (QED) is 0.124. The highest BCUT2D eigenvalue weighted by molar-refractivity contribution is 5.97. The van der Waals surface area contributed by atoms with Crippen LogP contribution in [0.15, 0.2) is 71.9 Å². The Balaban J connectivity index is 0.000000212. The van der Waals surface area contributed by atoms with E-state index in [0.717, 1.165) is 61.7 Å². The minimum absolute atomic E-state index is 0.0798. The minimum atomic E-state index is -0.958. The predicted molar refractivity (Wildman–Crippen MR) is 152 cm³/mol. The number of aromatic carboxylic acids is 1. The highest BCUT2D eigenvalue weighted by Crippen LogP contribution is 2.21. The zero-order valence-electron chi connectivity index (χ0n) is 22.2. The number of piperazine rings is 1. The van der Waals surface area contributed by atoms with Gasteiger partial charge in [0.05, 0.1) is 23.7 Å². The fraction of sp³-hybridized carbons (Fsp3) is 0.276. The van der Waals surface area contributed by atoms with Crippen LogP contribution < -0.4 is 20.7 Å². The number of nitrogens with zero attached hydrogens (tertiary/aromatic N) is 4. The number of aromatic nitrogens is 2. The topological polar surface area (TPSA) is 138 Å². The van der Waals surface area contributed by atoms with Crippen molar-refractivity contribution < 1.29 is 19.8 Å². The first-order valence-electron chi connectivity index (χ1n) is 12.7. The van der Waals surface area contributed by atoms with E-state index in [2.05, 4.69) is 32.5 Å². The number of oxime groups is 1. The Kier molecular flexibility index (Phi) is 9.01. The molecule has 39 heavy (non-hydrogen) atoms. The van der Waals surface area contributed by atoms with Gasteiger partial charge in [-0.3, -0.25) is 0 Å². The molecule has 1 fully saturated rings. The molecule has 0 bridgehead atoms. The third-order valence-corrected chi connectivity index (χ3v) is 6.75. The Bertz CT molecular complexity index is 1440. The van der Waals surface area contributed by atoms with Crippen molar-refractivity contribution in [3.05, 3.63) is 89.2 Å². The highest BCUT2D eigenvalue weighted by Gasteiger charge is 2.12. The van der Waals surface area contributed by atoms with Crippen molar-refractivity contribution in [2.75, 3.05) is 38.2 Å². The monoisotopic (exact) mass is 530 g/mol. The molecule has 0 amide bonds. The van der Waals surface area contributed by atoms with Crippen LogP contribution >= 0.6 is 0 Å². The number of anilines is 1. The number of amidine groups is 1. The highest BCUT2D eigenvalue weighted by atomic mass is 16.5. The van der Waals surface area contributed by atoms with E-state index in [9.17, 15) is 4.79 Å². The maximum atomic E-state index is 11.1. The molecule has 0 unspecified atom stereocenters. The molecular weight excluding hydrogens is 496 g/mol. The maximum Gasteiger partial charge on any atom is 0.335 e. The van der Waals surface area contributed by atoms with Gasteiger partial charge in [-0.2, -0.15) is 0 Å². The molecule has 3 aromatic carbocycles. The summed E-state index contributed by atoms with van der Waals surface area (Å²) in [7, 11) is 3.63. The lowest BCUT2D eigenvalue weighted by atomic mass is 10.1. The largest absolute Gasteiger partial charge is 0.497 e. The van der Waals surface area contributed by atoms with Crippen LogP contribution in [-0.4, -0.2) is 65.0 Å². The van der Waals surface area contributed by atoms with Gasteiger partial charge in [0, 0.05) is 57.0 Å². The van der Waals surface area contributed by atoms with E-state index >= 15 is 0 Å². The van der Waals surface area contributed by atoms with Gasteiger partial charge in [-0.25, -0.2) is 9.78 Å². The van der Waals surface area contributed by atoms with E-state index < -0.39 is 5.97 Å². The summed E-state index contributed by atoms with van der Waals surface area (Å²) < 4.78 is 7.18. The van der Waals surface area contributed by atoms with Crippen molar-refractivity contribution in [2.24, 2.45) is 17.9 Å². The van der Waals surface area contributed by atoms with Crippen LogP contribution in [0.25, 0.3) is 11.0 Å². The second kappa shape index (κ2) is 12.8. The number of benzene rings is 3. The molecule has 10 nitrogen and oxygen atoms in total. The summed E-state index contributed by atoms with van der Waals surface area (Å²) in [4.78, 5) is 18.0. The molecule has 1 aliphatic heterocycles. The van der Waals surface area contributed by atoms with Gasteiger partial charge in [-0.05, 0) is 42.3 Å². The fourth-order valence-corrected chi connectivity index (χ4v) is 4.49. The molecule has 2 heterocycles. The first kappa shape index (κ1) is 27.5. The molecule has 0 spiro atoms. The summed E-state index contributed by atoms with van der Waals surface area (Å²) in [5.74, 6) is 0.940. The molecule has 0 aliphatic carbocycles. The van der Waals surface area contributed by atoms with Gasteiger partial charge in [0.15, 0.2) is 5.84 Å². The predicted octanol–water partition coefficient (Wildman–Crippen LogP) is 3.26. The normalized spacial score (nSPS) is 13.6. The summed E-state index contributed by atoms with van der Waals surface area (Å²) in [6.07, 6.45) is 1.50. The number of rotatable bonds is 7. The smallest absolute Gasteiger partial charge is 0.335 e. The van der Waals surface area contributed by atoms with E-state index in [-0.39, 0.29) is 11.4 Å². The number of nitrogens with one attached hydrogen (secondary N) is 1. The van der Waals surface area contributed by atoms with Crippen LogP contribution in [0.3, 0.4) is 0 Å². The average Bonchev–Trinajstić information content (AvgIpc) is 3.31. The number of ether oxygens (including phenoxy) is 1. The van der Waals surface area contributed by atoms with Gasteiger partial charge in [-0.15, -0.1) is 0 Å². The molecule has 0 atom stereocenters. The van der Waals surface area contributed by atoms with Gasteiger partial charge in [-0.1, -0.05) is 35.5 Å². The number of carboxylic acid groups (broad SMARTS) is 1. The van der Waals surface area contributed by atoms with E-state index in [1.165, 1.54) is 5.69 Å². The molecule has 5 rings (SSSR count). The lowest BCUT2D eigenvalue weighted by Gasteiger charge is -2.29. The third kappa shape index (κ3) is 6.85. The number of fused-ring (bicyclic) bond motifs is 1. The van der Waals surface area contributed by atoms with Crippen molar-refractivity contribution in [3.8, 4) is 5.75 Å². The maximum absolute atomic E-state index is 11.1. The fourth-order valence-electron chi connectivity index (χ4n) is 4.49. The Hall–Kier alpha value is -4.57. The number of hydrogen-bond donors (Lipinski definition) is 4. The number of carboxylic acids is 1. The Morgan fingerprint density at radius 1 is 1.05 bits per heavy atom. The third-order valence-electron chi connectivity index (χ3n) is 6.75. The number of aryl methyl sites for hydroxylation is 3. The molecule has 1 saturated heterocycles. The SMILES string of the molecule is COc1cccc(N2CCNCC2)c1.Cn1c(CCc2ccc(C(N)=NO)cc2)nc2cc(C(=O)O)ccc21. The second-order valence-electron chi connectivity index (χ2n) is 9.22. The Morgan fingerprint density at radius 2 is 1.77 bits per heavy atom. The Labute approximate surface area is 227 Å². The summed E-state index contributed by atoms with van der Waals surface area (Å²) in [5, 5.41) is 24.1. The molecule has 5 N–H and O–H groups in total. The molecule has 1 aromatic heterocycles. The summed E-state index contributed by atoms with van der Waals surface area (Å²) >= 11 is 0. The lowest BCUT2D eigenvalue weighted by molar-refractivity contribution is 0.0697. The number of imidazole rings is 1. The van der Waals surface area contributed by atoms with Crippen molar-refractivity contribution >= 4 is 28.5 Å². The van der Waals surface area contributed by atoms with Gasteiger partial charge in [0.25, 0.3) is 0 Å². The summed E-state index contributed by atoms with van der Waals surface area (Å²) in [6.45, 7) is 4.29. The van der Waals surface area contributed by atoms with Crippen LogP contribution in [0.1, 0.15) is 27.3 Å². The van der Waals surface area contributed by atoms with Crippen molar-refractivity contribution in [3.63, 3.8) is 0 Å². The molecule has 4 aromatic rings. The zero-order chi connectivity index (χ0) is 27.8. The van der Waals surface area contributed by atoms with E-state index in [0.29, 0.717) is 11.1 Å². The van der Waals surface area contributed by atoms with Crippen LogP contribution in [0.2, 0.25) is 0 Å². The standard InChI is InChI=1S/C18H18N4O3.C11H16N2O/c1-22-15-8-7-13(18(23)24)10-14(15)20-16(22)9-4-11-2-5-12(6-3-11)17(19)21-25;1-14-11-4-2-3-10(9-11)13-7-5-12-6-8-13/h2-3,5-8,10,25H,4,9H2,1H3,(H2,19,21)(H,23,24);2-4,9,12H,5-8H2,1H3. The van der Waals surface area contributed by atoms with Crippen LogP contribution in [0, 0.1) is 0 Å². The number of hydrogen-bond acceptors (Lipinski definition) is 7. The summed E-state index contributed by atoms with van der Waals surface area (Å²) in [6, 6.07) is 20.7. The van der Waals surface area contributed by atoms with Gasteiger partial charge in [0.2, 0.25) is 0 Å². The summed E-state index contributed by atoms with van der Waals surface area (Å²) in [5.41, 5.74) is 10.4. The lowest BCUT2D eigenvalue weighted by Crippen LogP contribution is -2.43. The van der Waals surface area contributed by atoms with Crippen LogP contribution in [0.5, 0.6) is 5.75 Å². The Morgan fingerprint density at radius 3 is 2.44 bits per heavy atom. The van der Waals surface area contributed by atoms with E-state index in [4.69, 9.17) is 20.8 Å². The first-order chi connectivity index (χ1) is 18.9. The molecule has 10 heteroatoms. The van der Waals surface area contributed by atoms with Crippen LogP contribution in [-0.2, 0) is 19.9 Å². The van der Waals surface area contributed by atoms with Gasteiger partial charge in [0.1, 0.15) is 11.6 Å². The second-order valence-corrected chi connectivity index (χ2v) is 9.22. The number of nitrogens with two attached hydrogens (primary N) is 1. The van der Waals surface area contributed by atoms with Crippen molar-refractivity contribution in [1.29, 1.82) is 0 Å². The molecule has 0 saturated carbocycles. The minimum Gasteiger partial charge on any atom is -0.497 e. The molecule has 204 valence electrons. The average molecular weight is 531 g/mol. The van der Waals surface area contributed by atoms with Gasteiger partial charge >= 0.3 is 5.97 Å². The van der Waals surface area contributed by atoms with Crippen molar-refractivity contribution in [1.82, 2.24) is 14.9 Å². The van der Waals surface area contributed by atoms with Crippen LogP contribution in [0.4, 0.5) is 5.69 Å². The number of carbonyl (C=O) groups is 1. The zero-order valence-corrected chi connectivity index (χ0v) is 22.2. The molecule has 0 radical (unpaired) electrons. The van der Waals surface area contributed by atoms with E-state index in [1.54, 1.807) is 37.4 Å². The molecule has 1 aliphatic rings. The van der Waals surface area contributed by atoms with E-state index in [1.807, 2.05) is 35.9 Å².